The van der Waals surface area contributed by atoms with Crippen molar-refractivity contribution in [3.8, 4) is 0 Å². The van der Waals surface area contributed by atoms with E-state index in [0.717, 1.165) is 11.3 Å². The number of thiophene rings is 1. The molecule has 1 rings (SSSR count). The molecule has 1 aromatic rings. The van der Waals surface area contributed by atoms with Gasteiger partial charge in [0.1, 0.15) is 4.34 Å². The van der Waals surface area contributed by atoms with Crippen LogP contribution in [0.2, 0.25) is 4.34 Å². The maximum absolute atomic E-state index is 13.9. The van der Waals surface area contributed by atoms with Crippen molar-refractivity contribution in [3.05, 3.63) is 19.8 Å². The van der Waals surface area contributed by atoms with Crippen molar-refractivity contribution in [2.24, 2.45) is 5.41 Å². The number of alkyl halides is 2. The fourth-order valence-corrected chi connectivity index (χ4v) is 2.92. The van der Waals surface area contributed by atoms with Crippen LogP contribution in [0, 0.1) is 5.41 Å². The van der Waals surface area contributed by atoms with Crippen molar-refractivity contribution in [1.82, 2.24) is 0 Å². The lowest BCUT2D eigenvalue weighted by molar-refractivity contribution is -0.153. The summed E-state index contributed by atoms with van der Waals surface area (Å²) in [6, 6.07) is 1.23. The summed E-state index contributed by atoms with van der Waals surface area (Å²) < 4.78 is 28.4. The van der Waals surface area contributed by atoms with Crippen molar-refractivity contribution in [2.75, 3.05) is 0 Å². The largest absolute Gasteiger partial charge is 0.481 e. The topological polar surface area (TPSA) is 37.3 Å². The van der Waals surface area contributed by atoms with Gasteiger partial charge in [0.25, 0.3) is 5.92 Å². The molecule has 0 aliphatic carbocycles. The minimum atomic E-state index is -3.21. The van der Waals surface area contributed by atoms with Crippen molar-refractivity contribution < 1.29 is 18.7 Å². The van der Waals surface area contributed by atoms with E-state index in [2.05, 4.69) is 15.9 Å². The van der Waals surface area contributed by atoms with Gasteiger partial charge in [0, 0.05) is 10.9 Å². The first-order chi connectivity index (χ1) is 7.56. The molecule has 1 aromatic heterocycles. The predicted molar refractivity (Wildman–Crippen MR) is 67.0 cm³/mol. The molecule has 0 atom stereocenters. The molecular formula is C10H10BrClF2O2S. The lowest BCUT2D eigenvalue weighted by Crippen LogP contribution is -2.30. The van der Waals surface area contributed by atoms with Crippen LogP contribution in [0.3, 0.4) is 0 Å². The van der Waals surface area contributed by atoms with Gasteiger partial charge in [-0.3, -0.25) is 4.79 Å². The van der Waals surface area contributed by atoms with E-state index in [1.165, 1.54) is 19.9 Å². The second kappa shape index (κ2) is 4.82. The van der Waals surface area contributed by atoms with E-state index in [-0.39, 0.29) is 9.21 Å². The molecule has 0 radical (unpaired) electrons. The number of hydrogen-bond acceptors (Lipinski definition) is 2. The van der Waals surface area contributed by atoms with Crippen LogP contribution >= 0.6 is 38.9 Å². The van der Waals surface area contributed by atoms with E-state index in [1.807, 2.05) is 0 Å². The lowest BCUT2D eigenvalue weighted by Gasteiger charge is -2.24. The van der Waals surface area contributed by atoms with Gasteiger partial charge in [-0.1, -0.05) is 11.6 Å². The van der Waals surface area contributed by atoms with Gasteiger partial charge in [0.05, 0.1) is 10.3 Å². The highest BCUT2D eigenvalue weighted by molar-refractivity contribution is 9.10. The molecule has 0 fully saturated rings. The Balaban J connectivity index is 3.00. The minimum absolute atomic E-state index is 0.229. The van der Waals surface area contributed by atoms with Crippen molar-refractivity contribution in [3.63, 3.8) is 0 Å². The van der Waals surface area contributed by atoms with Gasteiger partial charge in [0.15, 0.2) is 0 Å². The quantitative estimate of drug-likeness (QED) is 0.853. The van der Waals surface area contributed by atoms with Crippen molar-refractivity contribution in [2.45, 2.75) is 26.2 Å². The summed E-state index contributed by atoms with van der Waals surface area (Å²) in [5.74, 6) is -4.46. The minimum Gasteiger partial charge on any atom is -0.481 e. The van der Waals surface area contributed by atoms with Crippen LogP contribution in [0.15, 0.2) is 10.5 Å². The highest BCUT2D eigenvalue weighted by Crippen LogP contribution is 2.45. The molecule has 96 valence electrons. The first-order valence-electron chi connectivity index (χ1n) is 4.63. The second-order valence-corrected chi connectivity index (χ2v) is 6.81. The normalized spacial score (nSPS) is 12.8. The third kappa shape index (κ3) is 3.39. The molecule has 0 saturated carbocycles. The Bertz CT molecular complexity index is 426. The number of rotatable bonds is 4. The molecule has 0 aliphatic rings. The summed E-state index contributed by atoms with van der Waals surface area (Å²) in [5.41, 5.74) is -1.49. The molecule has 2 nitrogen and oxygen atoms in total. The van der Waals surface area contributed by atoms with Crippen LogP contribution in [0.1, 0.15) is 25.1 Å². The highest BCUT2D eigenvalue weighted by atomic mass is 79.9. The Kier molecular flexibility index (Phi) is 4.21. The third-order valence-electron chi connectivity index (χ3n) is 2.25. The molecule has 1 N–H and O–H groups in total. The summed E-state index contributed by atoms with van der Waals surface area (Å²) in [7, 11) is 0. The van der Waals surface area contributed by atoms with Crippen LogP contribution in [-0.2, 0) is 10.7 Å². The zero-order valence-electron chi connectivity index (χ0n) is 9.06. The number of hydrogen-bond donors (Lipinski definition) is 1. The molecule has 1 heterocycles. The van der Waals surface area contributed by atoms with E-state index in [9.17, 15) is 13.6 Å². The van der Waals surface area contributed by atoms with Crippen LogP contribution in [0.5, 0.6) is 0 Å². The maximum Gasteiger partial charge on any atom is 0.309 e. The average Bonchev–Trinajstić information content (AvgIpc) is 2.45. The summed E-state index contributed by atoms with van der Waals surface area (Å²) in [4.78, 5) is 10.6. The predicted octanol–water partition coefficient (Wildman–Crippen LogP) is 4.76. The standard InChI is InChI=1S/C10H10BrClF2O2S/c1-9(2,8(15)16)4-10(13,14)6-3-5(11)7(12)17-6/h3H,4H2,1-2H3,(H,15,16). The number of carboxylic acids is 1. The Labute approximate surface area is 115 Å². The summed E-state index contributed by atoms with van der Waals surface area (Å²) in [5, 5.41) is 8.85. The van der Waals surface area contributed by atoms with E-state index in [0.29, 0.717) is 4.47 Å². The number of aliphatic carboxylic acids is 1. The van der Waals surface area contributed by atoms with E-state index < -0.39 is 23.7 Å². The van der Waals surface area contributed by atoms with Gasteiger partial charge in [-0.25, -0.2) is 8.78 Å². The Morgan fingerprint density at radius 3 is 2.47 bits per heavy atom. The van der Waals surface area contributed by atoms with Gasteiger partial charge in [-0.05, 0) is 35.8 Å². The first-order valence-corrected chi connectivity index (χ1v) is 6.61. The molecule has 0 amide bonds. The van der Waals surface area contributed by atoms with E-state index >= 15 is 0 Å². The molecule has 0 aliphatic heterocycles. The molecule has 0 saturated heterocycles. The first kappa shape index (κ1) is 14.9. The average molecular weight is 348 g/mol. The zero-order valence-corrected chi connectivity index (χ0v) is 12.2. The van der Waals surface area contributed by atoms with Crippen LogP contribution in [0.25, 0.3) is 0 Å². The monoisotopic (exact) mass is 346 g/mol. The molecular weight excluding hydrogens is 338 g/mol. The molecule has 0 spiro atoms. The van der Waals surface area contributed by atoms with Crippen molar-refractivity contribution >= 4 is 44.8 Å². The summed E-state index contributed by atoms with van der Waals surface area (Å²) in [6.07, 6.45) is -0.765. The smallest absolute Gasteiger partial charge is 0.309 e. The molecule has 0 aromatic carbocycles. The van der Waals surface area contributed by atoms with Crippen LogP contribution in [0.4, 0.5) is 8.78 Å². The SMILES string of the molecule is CC(C)(CC(F)(F)c1cc(Br)c(Cl)s1)C(=O)O. The Morgan fingerprint density at radius 2 is 2.12 bits per heavy atom. The van der Waals surface area contributed by atoms with Gasteiger partial charge in [-0.15, -0.1) is 11.3 Å². The second-order valence-electron chi connectivity index (χ2n) is 4.30. The van der Waals surface area contributed by atoms with Crippen molar-refractivity contribution in [1.29, 1.82) is 0 Å². The highest BCUT2D eigenvalue weighted by Gasteiger charge is 2.43. The molecule has 0 bridgehead atoms. The maximum atomic E-state index is 13.9. The fourth-order valence-electron chi connectivity index (χ4n) is 1.24. The number of carbonyl (C=O) groups is 1. The third-order valence-corrected chi connectivity index (χ3v) is 4.84. The van der Waals surface area contributed by atoms with E-state index in [1.54, 1.807) is 0 Å². The summed E-state index contributed by atoms with van der Waals surface area (Å²) in [6.45, 7) is 2.54. The zero-order chi connectivity index (χ0) is 13.4. The van der Waals surface area contributed by atoms with Gasteiger partial charge >= 0.3 is 5.97 Å². The summed E-state index contributed by atoms with van der Waals surface area (Å²) >= 11 is 9.49. The van der Waals surface area contributed by atoms with Crippen LogP contribution in [-0.4, -0.2) is 11.1 Å². The fraction of sp³-hybridized carbons (Fsp3) is 0.500. The Morgan fingerprint density at radius 1 is 1.59 bits per heavy atom. The van der Waals surface area contributed by atoms with Gasteiger partial charge in [0.2, 0.25) is 0 Å². The lowest BCUT2D eigenvalue weighted by atomic mass is 9.86. The molecule has 17 heavy (non-hydrogen) atoms. The Hall–Kier alpha value is -0.200. The van der Waals surface area contributed by atoms with E-state index in [4.69, 9.17) is 16.7 Å². The van der Waals surface area contributed by atoms with Crippen LogP contribution < -0.4 is 0 Å². The number of carboxylic acid groups (broad SMARTS) is 1. The molecule has 7 heteroatoms. The number of halogens is 4. The van der Waals surface area contributed by atoms with Gasteiger partial charge < -0.3 is 5.11 Å². The molecule has 0 unspecified atom stereocenters. The van der Waals surface area contributed by atoms with Gasteiger partial charge in [-0.2, -0.15) is 0 Å².